The van der Waals surface area contributed by atoms with Crippen molar-refractivity contribution in [1.82, 2.24) is 0 Å². The number of rotatable bonds is 5. The normalized spacial score (nSPS) is 9.88. The predicted molar refractivity (Wildman–Crippen MR) is 93.6 cm³/mol. The lowest BCUT2D eigenvalue weighted by atomic mass is 10.1. The maximum Gasteiger partial charge on any atom is 0.244 e. The maximum absolute atomic E-state index is 12.2. The summed E-state index contributed by atoms with van der Waals surface area (Å²) in [6, 6.07) is 16.2. The molecule has 2 aromatic rings. The van der Waals surface area contributed by atoms with Crippen LogP contribution in [-0.2, 0) is 16.0 Å². The molecule has 5 nitrogen and oxygen atoms in total. The molecule has 0 atom stereocenters. The molecule has 0 unspecified atom stereocenters. The van der Waals surface area contributed by atoms with Gasteiger partial charge in [-0.2, -0.15) is 5.26 Å². The lowest BCUT2D eigenvalue weighted by Crippen LogP contribution is -2.36. The van der Waals surface area contributed by atoms with E-state index in [0.717, 1.165) is 6.42 Å². The van der Waals surface area contributed by atoms with Gasteiger partial charge in [0.2, 0.25) is 11.8 Å². The molecule has 0 aromatic heterocycles. The van der Waals surface area contributed by atoms with Crippen molar-refractivity contribution >= 4 is 23.2 Å². The van der Waals surface area contributed by atoms with Crippen LogP contribution in [0.4, 0.5) is 11.4 Å². The van der Waals surface area contributed by atoms with E-state index >= 15 is 0 Å². The third kappa shape index (κ3) is 4.43. The van der Waals surface area contributed by atoms with Gasteiger partial charge in [-0.1, -0.05) is 19.1 Å². The zero-order valence-electron chi connectivity index (χ0n) is 13.7. The van der Waals surface area contributed by atoms with Crippen molar-refractivity contribution in [1.29, 1.82) is 5.26 Å². The van der Waals surface area contributed by atoms with Crippen molar-refractivity contribution in [2.75, 3.05) is 16.8 Å². The summed E-state index contributed by atoms with van der Waals surface area (Å²) in [6.45, 7) is 3.38. The average Bonchev–Trinajstić information content (AvgIpc) is 2.60. The minimum atomic E-state index is -0.279. The molecule has 24 heavy (non-hydrogen) atoms. The molecule has 0 fully saturated rings. The number of nitrogens with zero attached hydrogens (tertiary/aromatic N) is 2. The zero-order valence-corrected chi connectivity index (χ0v) is 13.7. The molecule has 2 aromatic carbocycles. The molecule has 122 valence electrons. The Kier molecular flexibility index (Phi) is 5.69. The minimum absolute atomic E-state index is 0.0865. The van der Waals surface area contributed by atoms with Crippen molar-refractivity contribution in [2.24, 2.45) is 0 Å². The Bertz CT molecular complexity index is 759. The van der Waals surface area contributed by atoms with Crippen molar-refractivity contribution in [3.05, 3.63) is 59.7 Å². The van der Waals surface area contributed by atoms with Crippen molar-refractivity contribution < 1.29 is 9.59 Å². The largest absolute Gasteiger partial charge is 0.325 e. The van der Waals surface area contributed by atoms with E-state index in [-0.39, 0.29) is 18.4 Å². The highest BCUT2D eigenvalue weighted by molar-refractivity contribution is 6.01. The van der Waals surface area contributed by atoms with Crippen molar-refractivity contribution in [2.45, 2.75) is 20.3 Å². The second kappa shape index (κ2) is 7.93. The van der Waals surface area contributed by atoms with Gasteiger partial charge in [-0.3, -0.25) is 9.59 Å². The lowest BCUT2D eigenvalue weighted by Gasteiger charge is -2.20. The molecule has 0 saturated carbocycles. The summed E-state index contributed by atoms with van der Waals surface area (Å²) < 4.78 is 0. The van der Waals surface area contributed by atoms with Gasteiger partial charge in [-0.25, -0.2) is 0 Å². The van der Waals surface area contributed by atoms with Crippen molar-refractivity contribution in [3.63, 3.8) is 0 Å². The fourth-order valence-electron chi connectivity index (χ4n) is 2.27. The van der Waals surface area contributed by atoms with Gasteiger partial charge in [-0.05, 0) is 48.4 Å². The molecule has 0 spiro atoms. The first-order valence-electron chi connectivity index (χ1n) is 7.70. The van der Waals surface area contributed by atoms with Crippen LogP contribution in [-0.4, -0.2) is 18.4 Å². The molecule has 0 aliphatic carbocycles. The number of nitriles is 1. The molecular weight excluding hydrogens is 302 g/mol. The Balaban J connectivity index is 2.07. The smallest absolute Gasteiger partial charge is 0.244 e. The van der Waals surface area contributed by atoms with Gasteiger partial charge in [0.15, 0.2) is 0 Å². The monoisotopic (exact) mass is 321 g/mol. The number of hydrogen-bond donors (Lipinski definition) is 1. The van der Waals surface area contributed by atoms with E-state index in [2.05, 4.69) is 12.2 Å². The van der Waals surface area contributed by atoms with Crippen LogP contribution in [0.25, 0.3) is 0 Å². The Hall–Kier alpha value is -3.13. The molecule has 2 rings (SSSR count). The van der Waals surface area contributed by atoms with Crippen LogP contribution in [0.1, 0.15) is 25.0 Å². The van der Waals surface area contributed by atoms with E-state index in [1.54, 1.807) is 24.3 Å². The number of amides is 2. The number of nitrogens with one attached hydrogen (secondary N) is 1. The number of aryl methyl sites for hydroxylation is 1. The third-order valence-electron chi connectivity index (χ3n) is 3.64. The quantitative estimate of drug-likeness (QED) is 0.919. The van der Waals surface area contributed by atoms with Gasteiger partial charge >= 0.3 is 0 Å². The maximum atomic E-state index is 12.2. The van der Waals surface area contributed by atoms with E-state index in [1.807, 2.05) is 30.3 Å². The van der Waals surface area contributed by atoms with Crippen LogP contribution in [0.2, 0.25) is 0 Å². The summed E-state index contributed by atoms with van der Waals surface area (Å²) in [7, 11) is 0. The van der Waals surface area contributed by atoms with Crippen LogP contribution in [0.3, 0.4) is 0 Å². The summed E-state index contributed by atoms with van der Waals surface area (Å²) in [4.78, 5) is 25.4. The molecule has 0 bridgehead atoms. The summed E-state index contributed by atoms with van der Waals surface area (Å²) in [5.41, 5.74) is 2.97. The van der Waals surface area contributed by atoms with Crippen LogP contribution < -0.4 is 10.2 Å². The van der Waals surface area contributed by atoms with Gasteiger partial charge in [0, 0.05) is 18.3 Å². The topological polar surface area (TPSA) is 73.2 Å². The second-order valence-corrected chi connectivity index (χ2v) is 5.36. The Morgan fingerprint density at radius 2 is 1.71 bits per heavy atom. The molecule has 1 N–H and O–H groups in total. The molecular formula is C19H19N3O2. The first-order valence-corrected chi connectivity index (χ1v) is 7.70. The molecule has 5 heteroatoms. The van der Waals surface area contributed by atoms with E-state index in [4.69, 9.17) is 5.26 Å². The van der Waals surface area contributed by atoms with Crippen molar-refractivity contribution in [3.8, 4) is 6.07 Å². The molecule has 0 radical (unpaired) electrons. The van der Waals surface area contributed by atoms with Crippen LogP contribution in [0.5, 0.6) is 0 Å². The highest BCUT2D eigenvalue weighted by atomic mass is 16.2. The molecule has 2 amide bonds. The van der Waals surface area contributed by atoms with Gasteiger partial charge in [0.05, 0.1) is 11.6 Å². The molecule has 0 heterocycles. The van der Waals surface area contributed by atoms with Gasteiger partial charge in [0.1, 0.15) is 6.54 Å². The standard InChI is InChI=1S/C19H19N3O2/c1-3-15-4-8-17(9-5-15)21-19(24)13-22(14(2)23)18-10-6-16(12-20)7-11-18/h4-11H,3,13H2,1-2H3,(H,21,24). The Morgan fingerprint density at radius 3 is 2.21 bits per heavy atom. The molecule has 0 saturated heterocycles. The SMILES string of the molecule is CCc1ccc(NC(=O)CN(C(C)=O)c2ccc(C#N)cc2)cc1. The first-order chi connectivity index (χ1) is 11.5. The van der Waals surface area contributed by atoms with E-state index in [0.29, 0.717) is 16.9 Å². The Morgan fingerprint density at radius 1 is 1.08 bits per heavy atom. The summed E-state index contributed by atoms with van der Waals surface area (Å²) in [5, 5.41) is 11.6. The number of benzene rings is 2. The van der Waals surface area contributed by atoms with Gasteiger partial charge < -0.3 is 10.2 Å². The fourth-order valence-corrected chi connectivity index (χ4v) is 2.27. The minimum Gasteiger partial charge on any atom is -0.325 e. The Labute approximate surface area is 141 Å². The van der Waals surface area contributed by atoms with Gasteiger partial charge in [-0.15, -0.1) is 0 Å². The fraction of sp³-hybridized carbons (Fsp3) is 0.211. The number of carbonyl (C=O) groups excluding carboxylic acids is 2. The summed E-state index contributed by atoms with van der Waals surface area (Å²) in [6.07, 6.45) is 0.936. The number of hydrogen-bond acceptors (Lipinski definition) is 3. The van der Waals surface area contributed by atoms with Crippen LogP contribution in [0, 0.1) is 11.3 Å². The predicted octanol–water partition coefficient (Wildman–Crippen LogP) is 3.11. The van der Waals surface area contributed by atoms with Gasteiger partial charge in [0.25, 0.3) is 0 Å². The lowest BCUT2D eigenvalue weighted by molar-refractivity contribution is -0.120. The van der Waals surface area contributed by atoms with E-state index in [1.165, 1.54) is 17.4 Å². The highest BCUT2D eigenvalue weighted by Gasteiger charge is 2.16. The molecule has 0 aliphatic heterocycles. The highest BCUT2D eigenvalue weighted by Crippen LogP contribution is 2.16. The van der Waals surface area contributed by atoms with Crippen LogP contribution >= 0.6 is 0 Å². The molecule has 0 aliphatic rings. The second-order valence-electron chi connectivity index (χ2n) is 5.36. The van der Waals surface area contributed by atoms with Crippen LogP contribution in [0.15, 0.2) is 48.5 Å². The zero-order chi connectivity index (χ0) is 17.5. The number of carbonyl (C=O) groups is 2. The number of anilines is 2. The average molecular weight is 321 g/mol. The third-order valence-corrected chi connectivity index (χ3v) is 3.64. The van der Waals surface area contributed by atoms with E-state index < -0.39 is 0 Å². The summed E-state index contributed by atoms with van der Waals surface area (Å²) in [5.74, 6) is -0.519. The summed E-state index contributed by atoms with van der Waals surface area (Å²) >= 11 is 0. The van der Waals surface area contributed by atoms with E-state index in [9.17, 15) is 9.59 Å². The first kappa shape index (κ1) is 17.2.